The summed E-state index contributed by atoms with van der Waals surface area (Å²) in [7, 11) is 0. The minimum Gasteiger partial charge on any atom is -0.370 e. The van der Waals surface area contributed by atoms with Gasteiger partial charge in [0.25, 0.3) is 5.91 Å². The molecule has 1 atom stereocenters. The van der Waals surface area contributed by atoms with E-state index < -0.39 is 6.04 Å². The lowest BCUT2D eigenvalue weighted by molar-refractivity contribution is 0.0966. The second kappa shape index (κ2) is 9.01. The number of benzene rings is 3. The Morgan fingerprint density at radius 1 is 1.00 bits per heavy atom. The lowest BCUT2D eigenvalue weighted by Crippen LogP contribution is -2.22. The quantitative estimate of drug-likeness (QED) is 0.311. The molecule has 1 aromatic heterocycles. The summed E-state index contributed by atoms with van der Waals surface area (Å²) in [6, 6.07) is 21.4. The van der Waals surface area contributed by atoms with Gasteiger partial charge in [-0.3, -0.25) is 9.59 Å². The van der Waals surface area contributed by atoms with Crippen molar-refractivity contribution in [3.8, 4) is 0 Å². The van der Waals surface area contributed by atoms with E-state index in [9.17, 15) is 9.59 Å². The highest BCUT2D eigenvalue weighted by atomic mass is 35.5. The number of nitrogens with zero attached hydrogens (tertiary/aromatic N) is 1. The molecule has 0 bridgehead atoms. The van der Waals surface area contributed by atoms with Crippen molar-refractivity contribution in [1.82, 2.24) is 4.57 Å². The fourth-order valence-corrected chi connectivity index (χ4v) is 4.73. The molecule has 0 spiro atoms. The number of halogens is 2. The number of hydrogen-bond acceptors (Lipinski definition) is 3. The van der Waals surface area contributed by atoms with Crippen molar-refractivity contribution >= 4 is 46.3 Å². The van der Waals surface area contributed by atoms with Crippen molar-refractivity contribution in [2.24, 2.45) is 0 Å². The van der Waals surface area contributed by atoms with E-state index in [-0.39, 0.29) is 16.7 Å². The maximum Gasteiger partial charge on any atom is 0.257 e. The van der Waals surface area contributed by atoms with Crippen molar-refractivity contribution in [3.63, 3.8) is 0 Å². The molecule has 2 N–H and O–H groups in total. The Morgan fingerprint density at radius 3 is 2.62 bits per heavy atom. The first-order valence-corrected chi connectivity index (χ1v) is 11.6. The molecule has 170 valence electrons. The average Bonchev–Trinajstić information content (AvgIpc) is 3.20. The van der Waals surface area contributed by atoms with Crippen LogP contribution in [0.2, 0.25) is 10.0 Å². The number of carbonyl (C=O) groups is 2. The average molecular weight is 490 g/mol. The molecule has 4 aromatic rings. The van der Waals surface area contributed by atoms with Gasteiger partial charge in [-0.25, -0.2) is 0 Å². The van der Waals surface area contributed by atoms with Crippen LogP contribution in [0.15, 0.2) is 79.0 Å². The van der Waals surface area contributed by atoms with Crippen LogP contribution in [-0.2, 0) is 6.54 Å². The molecule has 0 saturated heterocycles. The van der Waals surface area contributed by atoms with Gasteiger partial charge in [-0.2, -0.15) is 0 Å². The van der Waals surface area contributed by atoms with Gasteiger partial charge in [0, 0.05) is 40.4 Å². The number of para-hydroxylation sites is 1. The fraction of sp³-hybridized carbons (Fsp3) is 0.111. The van der Waals surface area contributed by atoms with E-state index in [0.29, 0.717) is 28.4 Å². The standard InChI is InChI=1S/C27H21Cl2N3O2/c1-16-13-17(8-11-22(16)31-27(34)20-10-9-19(28)14-21(20)29)26(33)25-24-7-4-12-32(24)15-18-5-2-3-6-23(18)30-25/h2-14,25,30H,15H2,1H3,(H,31,34). The van der Waals surface area contributed by atoms with Crippen molar-refractivity contribution in [2.45, 2.75) is 19.5 Å². The first-order chi connectivity index (χ1) is 16.4. The summed E-state index contributed by atoms with van der Waals surface area (Å²) >= 11 is 12.1. The summed E-state index contributed by atoms with van der Waals surface area (Å²) in [5.74, 6) is -0.387. The first-order valence-electron chi connectivity index (χ1n) is 10.8. The van der Waals surface area contributed by atoms with E-state index >= 15 is 0 Å². The Balaban J connectivity index is 1.41. The van der Waals surface area contributed by atoms with Crippen molar-refractivity contribution in [3.05, 3.63) is 117 Å². The number of carbonyl (C=O) groups excluding carboxylic acids is 2. The van der Waals surface area contributed by atoms with Crippen LogP contribution in [0.4, 0.5) is 11.4 Å². The van der Waals surface area contributed by atoms with E-state index in [1.807, 2.05) is 43.5 Å². The van der Waals surface area contributed by atoms with Gasteiger partial charge >= 0.3 is 0 Å². The Kier molecular flexibility index (Phi) is 5.90. The summed E-state index contributed by atoms with van der Waals surface area (Å²) in [5.41, 5.74) is 5.25. The number of rotatable bonds is 4. The summed E-state index contributed by atoms with van der Waals surface area (Å²) in [5, 5.41) is 7.04. The van der Waals surface area contributed by atoms with E-state index in [1.165, 1.54) is 6.07 Å². The first kappa shape index (κ1) is 22.3. The summed E-state index contributed by atoms with van der Waals surface area (Å²) < 4.78 is 2.10. The van der Waals surface area contributed by atoms with E-state index in [4.69, 9.17) is 23.2 Å². The maximum absolute atomic E-state index is 13.6. The third-order valence-corrected chi connectivity index (χ3v) is 6.56. The molecule has 1 aliphatic rings. The van der Waals surface area contributed by atoms with Gasteiger partial charge in [0.1, 0.15) is 6.04 Å². The van der Waals surface area contributed by atoms with Crippen LogP contribution in [0, 0.1) is 6.92 Å². The highest BCUT2D eigenvalue weighted by molar-refractivity contribution is 6.37. The predicted molar refractivity (Wildman–Crippen MR) is 136 cm³/mol. The Bertz CT molecular complexity index is 1430. The van der Waals surface area contributed by atoms with Crippen LogP contribution >= 0.6 is 23.2 Å². The fourth-order valence-electron chi connectivity index (χ4n) is 4.23. The van der Waals surface area contributed by atoms with E-state index in [2.05, 4.69) is 21.3 Å². The molecule has 1 aliphatic heterocycles. The smallest absolute Gasteiger partial charge is 0.257 e. The van der Waals surface area contributed by atoms with Gasteiger partial charge in [0.05, 0.1) is 10.6 Å². The third-order valence-electron chi connectivity index (χ3n) is 6.02. The SMILES string of the molecule is Cc1cc(C(=O)C2Nc3ccccc3Cn3cccc32)ccc1NC(=O)c1ccc(Cl)cc1Cl. The van der Waals surface area contributed by atoms with Gasteiger partial charge < -0.3 is 15.2 Å². The molecule has 5 nitrogen and oxygen atoms in total. The lowest BCUT2D eigenvalue weighted by Gasteiger charge is -2.19. The Labute approximate surface area is 207 Å². The zero-order chi connectivity index (χ0) is 23.8. The minimum atomic E-state index is -0.522. The van der Waals surface area contributed by atoms with Crippen LogP contribution < -0.4 is 10.6 Å². The van der Waals surface area contributed by atoms with Crippen LogP contribution in [0.5, 0.6) is 0 Å². The summed E-state index contributed by atoms with van der Waals surface area (Å²) in [6.45, 7) is 2.56. The van der Waals surface area contributed by atoms with Crippen LogP contribution in [0.1, 0.15) is 43.6 Å². The number of aromatic nitrogens is 1. The molecule has 0 saturated carbocycles. The Hall–Kier alpha value is -3.54. The van der Waals surface area contributed by atoms with Gasteiger partial charge in [-0.15, -0.1) is 0 Å². The molecule has 1 unspecified atom stereocenters. The van der Waals surface area contributed by atoms with Crippen molar-refractivity contribution in [1.29, 1.82) is 0 Å². The number of nitrogens with one attached hydrogen (secondary N) is 2. The normalized spacial score (nSPS) is 14.4. The summed E-state index contributed by atoms with van der Waals surface area (Å²) in [4.78, 5) is 26.3. The zero-order valence-electron chi connectivity index (χ0n) is 18.3. The van der Waals surface area contributed by atoms with Gasteiger partial charge in [-0.1, -0.05) is 41.4 Å². The molecule has 3 aromatic carbocycles. The number of ketones is 1. The van der Waals surface area contributed by atoms with E-state index in [0.717, 1.165) is 22.5 Å². The zero-order valence-corrected chi connectivity index (χ0v) is 19.8. The number of amides is 1. The number of aryl methyl sites for hydroxylation is 1. The molecular weight excluding hydrogens is 469 g/mol. The maximum atomic E-state index is 13.6. The predicted octanol–water partition coefficient (Wildman–Crippen LogP) is 6.75. The molecular formula is C27H21Cl2N3O2. The number of Topliss-reactive ketones (excluding diaryl/α,β-unsaturated/α-hetero) is 1. The van der Waals surface area contributed by atoms with Crippen molar-refractivity contribution in [2.75, 3.05) is 10.6 Å². The molecule has 7 heteroatoms. The molecule has 0 radical (unpaired) electrons. The molecule has 1 amide bonds. The second-order valence-electron chi connectivity index (χ2n) is 8.27. The van der Waals surface area contributed by atoms with Crippen LogP contribution in [0.3, 0.4) is 0 Å². The minimum absolute atomic E-state index is 0.0432. The lowest BCUT2D eigenvalue weighted by atomic mass is 9.98. The largest absolute Gasteiger partial charge is 0.370 e. The topological polar surface area (TPSA) is 63.1 Å². The highest BCUT2D eigenvalue weighted by Gasteiger charge is 2.28. The third kappa shape index (κ3) is 4.20. The number of hydrogen-bond donors (Lipinski definition) is 2. The molecule has 2 heterocycles. The van der Waals surface area contributed by atoms with Gasteiger partial charge in [0.2, 0.25) is 0 Å². The molecule has 0 fully saturated rings. The molecule has 34 heavy (non-hydrogen) atoms. The van der Waals surface area contributed by atoms with E-state index in [1.54, 1.807) is 30.3 Å². The Morgan fingerprint density at radius 2 is 1.82 bits per heavy atom. The van der Waals surface area contributed by atoms with Gasteiger partial charge in [-0.05, 0) is 72.6 Å². The summed E-state index contributed by atoms with van der Waals surface area (Å²) in [6.07, 6.45) is 1.99. The van der Waals surface area contributed by atoms with Crippen LogP contribution in [-0.4, -0.2) is 16.3 Å². The number of fused-ring (bicyclic) bond motifs is 2. The second-order valence-corrected chi connectivity index (χ2v) is 9.11. The highest BCUT2D eigenvalue weighted by Crippen LogP contribution is 2.32. The van der Waals surface area contributed by atoms with Gasteiger partial charge in [0.15, 0.2) is 5.78 Å². The van der Waals surface area contributed by atoms with Crippen LogP contribution in [0.25, 0.3) is 0 Å². The van der Waals surface area contributed by atoms with Crippen molar-refractivity contribution < 1.29 is 9.59 Å². The monoisotopic (exact) mass is 489 g/mol. The molecule has 0 aliphatic carbocycles. The molecule has 5 rings (SSSR count). The number of anilines is 2.